The van der Waals surface area contributed by atoms with Gasteiger partial charge in [-0.3, -0.25) is 4.99 Å². The number of nitrogens with one attached hydrogen (secondary N) is 2. The molecule has 1 unspecified atom stereocenters. The number of nitrogens with zero attached hydrogens (tertiary/aromatic N) is 3. The second-order valence-electron chi connectivity index (χ2n) is 6.23. The van der Waals surface area contributed by atoms with E-state index in [1.54, 1.807) is 7.05 Å². The van der Waals surface area contributed by atoms with E-state index in [4.69, 9.17) is 11.6 Å². The highest BCUT2D eigenvalue weighted by Gasteiger charge is 2.09. The SMILES string of the molecule is CN=C(NCc1nccn1CC(C)C)NC(C)c1ccc(Cl)cc1. The van der Waals surface area contributed by atoms with E-state index >= 15 is 0 Å². The molecular formula is C18H26ClN5. The van der Waals surface area contributed by atoms with Crippen LogP contribution >= 0.6 is 11.6 Å². The molecule has 0 aliphatic heterocycles. The minimum absolute atomic E-state index is 0.129. The monoisotopic (exact) mass is 347 g/mol. The van der Waals surface area contributed by atoms with E-state index in [0.29, 0.717) is 12.5 Å². The Morgan fingerprint density at radius 2 is 1.96 bits per heavy atom. The molecule has 0 saturated heterocycles. The third-order valence-electron chi connectivity index (χ3n) is 3.72. The molecule has 1 aromatic heterocycles. The van der Waals surface area contributed by atoms with Crippen LogP contribution in [0.5, 0.6) is 0 Å². The highest BCUT2D eigenvalue weighted by molar-refractivity contribution is 6.30. The lowest BCUT2D eigenvalue weighted by molar-refractivity contribution is 0.503. The number of hydrogen-bond acceptors (Lipinski definition) is 2. The van der Waals surface area contributed by atoms with Crippen LogP contribution in [0.3, 0.4) is 0 Å². The van der Waals surface area contributed by atoms with E-state index < -0.39 is 0 Å². The summed E-state index contributed by atoms with van der Waals surface area (Å²) in [5.74, 6) is 2.34. The van der Waals surface area contributed by atoms with Crippen molar-refractivity contribution in [2.24, 2.45) is 10.9 Å². The van der Waals surface area contributed by atoms with E-state index in [9.17, 15) is 0 Å². The molecule has 0 spiro atoms. The van der Waals surface area contributed by atoms with Crippen LogP contribution in [-0.4, -0.2) is 22.6 Å². The normalized spacial score (nSPS) is 13.2. The van der Waals surface area contributed by atoms with Gasteiger partial charge in [0.25, 0.3) is 0 Å². The van der Waals surface area contributed by atoms with Crippen LogP contribution in [0.2, 0.25) is 5.02 Å². The van der Waals surface area contributed by atoms with Crippen molar-refractivity contribution < 1.29 is 0 Å². The molecule has 1 heterocycles. The number of halogens is 1. The highest BCUT2D eigenvalue weighted by Crippen LogP contribution is 2.15. The predicted molar refractivity (Wildman–Crippen MR) is 100 cm³/mol. The van der Waals surface area contributed by atoms with Crippen LogP contribution in [0, 0.1) is 5.92 Å². The Morgan fingerprint density at radius 1 is 1.25 bits per heavy atom. The van der Waals surface area contributed by atoms with Gasteiger partial charge in [0.2, 0.25) is 0 Å². The van der Waals surface area contributed by atoms with Crippen LogP contribution in [-0.2, 0) is 13.1 Å². The third kappa shape index (κ3) is 5.27. The Balaban J connectivity index is 1.93. The second-order valence-corrected chi connectivity index (χ2v) is 6.67. The highest BCUT2D eigenvalue weighted by atomic mass is 35.5. The first-order valence-corrected chi connectivity index (χ1v) is 8.60. The molecule has 0 fully saturated rings. The summed E-state index contributed by atoms with van der Waals surface area (Å²) in [7, 11) is 1.77. The summed E-state index contributed by atoms with van der Waals surface area (Å²) in [5, 5.41) is 7.45. The Kier molecular flexibility index (Phi) is 6.67. The minimum atomic E-state index is 0.129. The zero-order valence-corrected chi connectivity index (χ0v) is 15.5. The van der Waals surface area contributed by atoms with E-state index in [-0.39, 0.29) is 6.04 Å². The molecule has 2 N–H and O–H groups in total. The lowest BCUT2D eigenvalue weighted by Gasteiger charge is -2.19. The maximum atomic E-state index is 5.94. The molecule has 24 heavy (non-hydrogen) atoms. The third-order valence-corrected chi connectivity index (χ3v) is 3.98. The number of rotatable bonds is 6. The fraction of sp³-hybridized carbons (Fsp3) is 0.444. The quantitative estimate of drug-likeness (QED) is 0.620. The Bertz CT molecular complexity index is 660. The van der Waals surface area contributed by atoms with Crippen molar-refractivity contribution in [3.8, 4) is 0 Å². The first-order valence-electron chi connectivity index (χ1n) is 8.22. The van der Waals surface area contributed by atoms with Gasteiger partial charge in [0.05, 0.1) is 12.6 Å². The molecule has 2 aromatic rings. The summed E-state index contributed by atoms with van der Waals surface area (Å²) in [6, 6.07) is 7.96. The lowest BCUT2D eigenvalue weighted by atomic mass is 10.1. The maximum Gasteiger partial charge on any atom is 0.191 e. The van der Waals surface area contributed by atoms with Crippen LogP contribution in [0.25, 0.3) is 0 Å². The Labute approximate surface area is 149 Å². The molecule has 1 atom stereocenters. The molecule has 2 rings (SSSR count). The van der Waals surface area contributed by atoms with Crippen molar-refractivity contribution in [1.29, 1.82) is 0 Å². The van der Waals surface area contributed by atoms with E-state index in [1.165, 1.54) is 0 Å². The number of aliphatic imine (C=N–C) groups is 1. The first kappa shape index (κ1) is 18.3. The second kappa shape index (κ2) is 8.73. The van der Waals surface area contributed by atoms with Crippen molar-refractivity contribution in [3.63, 3.8) is 0 Å². The zero-order chi connectivity index (χ0) is 17.5. The average molecular weight is 348 g/mol. The van der Waals surface area contributed by atoms with Gasteiger partial charge in [-0.1, -0.05) is 37.6 Å². The molecule has 6 heteroatoms. The predicted octanol–water partition coefficient (Wildman–Crippen LogP) is 3.62. The molecule has 0 radical (unpaired) electrons. The molecular weight excluding hydrogens is 322 g/mol. The van der Waals surface area contributed by atoms with Crippen LogP contribution in [0.4, 0.5) is 0 Å². The van der Waals surface area contributed by atoms with E-state index in [1.807, 2.05) is 36.7 Å². The zero-order valence-electron chi connectivity index (χ0n) is 14.8. The Morgan fingerprint density at radius 3 is 2.58 bits per heavy atom. The van der Waals surface area contributed by atoms with Crippen molar-refractivity contribution >= 4 is 17.6 Å². The summed E-state index contributed by atoms with van der Waals surface area (Å²) in [6.07, 6.45) is 3.86. The van der Waals surface area contributed by atoms with Gasteiger partial charge in [-0.25, -0.2) is 4.98 Å². The van der Waals surface area contributed by atoms with Crippen molar-refractivity contribution in [2.75, 3.05) is 7.05 Å². The fourth-order valence-corrected chi connectivity index (χ4v) is 2.59. The fourth-order valence-electron chi connectivity index (χ4n) is 2.46. The standard InChI is InChI=1S/C18H26ClN5/c1-13(2)12-24-10-9-21-17(24)11-22-18(20-4)23-14(3)15-5-7-16(19)8-6-15/h5-10,13-14H,11-12H2,1-4H3,(H2,20,22,23). The van der Waals surface area contributed by atoms with Gasteiger partial charge in [-0.05, 0) is 30.5 Å². The largest absolute Gasteiger partial charge is 0.350 e. The summed E-state index contributed by atoms with van der Waals surface area (Å²) in [5.41, 5.74) is 1.16. The Hall–Kier alpha value is -2.01. The van der Waals surface area contributed by atoms with Gasteiger partial charge >= 0.3 is 0 Å². The van der Waals surface area contributed by atoms with Gasteiger partial charge in [-0.2, -0.15) is 0 Å². The molecule has 0 aliphatic carbocycles. The maximum absolute atomic E-state index is 5.94. The number of guanidine groups is 1. The van der Waals surface area contributed by atoms with Crippen molar-refractivity contribution in [1.82, 2.24) is 20.2 Å². The van der Waals surface area contributed by atoms with Crippen LogP contribution < -0.4 is 10.6 Å². The van der Waals surface area contributed by atoms with Gasteiger partial charge in [0.15, 0.2) is 5.96 Å². The number of imidazole rings is 1. The van der Waals surface area contributed by atoms with Gasteiger partial charge in [0.1, 0.15) is 5.82 Å². The van der Waals surface area contributed by atoms with Crippen LogP contribution in [0.1, 0.15) is 38.2 Å². The summed E-state index contributed by atoms with van der Waals surface area (Å²) >= 11 is 5.94. The van der Waals surface area contributed by atoms with Crippen LogP contribution in [0.15, 0.2) is 41.7 Å². The lowest BCUT2D eigenvalue weighted by Crippen LogP contribution is -2.38. The molecule has 130 valence electrons. The number of hydrogen-bond donors (Lipinski definition) is 2. The molecule has 0 aliphatic rings. The van der Waals surface area contributed by atoms with Gasteiger partial charge in [-0.15, -0.1) is 0 Å². The van der Waals surface area contributed by atoms with Gasteiger partial charge in [0, 0.05) is 31.0 Å². The van der Waals surface area contributed by atoms with E-state index in [2.05, 4.69) is 45.9 Å². The molecule has 5 nitrogen and oxygen atoms in total. The van der Waals surface area contributed by atoms with E-state index in [0.717, 1.165) is 28.9 Å². The number of aromatic nitrogens is 2. The van der Waals surface area contributed by atoms with Crippen molar-refractivity contribution in [2.45, 2.75) is 39.9 Å². The van der Waals surface area contributed by atoms with Crippen molar-refractivity contribution in [3.05, 3.63) is 53.1 Å². The topological polar surface area (TPSA) is 54.2 Å². The van der Waals surface area contributed by atoms with Gasteiger partial charge < -0.3 is 15.2 Å². The number of benzene rings is 1. The summed E-state index contributed by atoms with van der Waals surface area (Å²) in [4.78, 5) is 8.72. The molecule has 0 bridgehead atoms. The molecule has 1 aromatic carbocycles. The smallest absolute Gasteiger partial charge is 0.191 e. The summed E-state index contributed by atoms with van der Waals surface area (Å²) in [6.45, 7) is 8.09. The molecule has 0 amide bonds. The molecule has 0 saturated carbocycles. The average Bonchev–Trinajstić information content (AvgIpc) is 2.98. The minimum Gasteiger partial charge on any atom is -0.350 e. The first-order chi connectivity index (χ1) is 11.5. The summed E-state index contributed by atoms with van der Waals surface area (Å²) < 4.78 is 2.17.